The molecule has 128 valence electrons. The van der Waals surface area contributed by atoms with Gasteiger partial charge in [-0.15, -0.1) is 0 Å². The van der Waals surface area contributed by atoms with Crippen LogP contribution in [0.4, 0.5) is 0 Å². The summed E-state index contributed by atoms with van der Waals surface area (Å²) in [7, 11) is 0. The second-order valence-electron chi connectivity index (χ2n) is 6.39. The molecule has 0 heterocycles. The van der Waals surface area contributed by atoms with Crippen molar-refractivity contribution in [2.45, 2.75) is 37.8 Å². The van der Waals surface area contributed by atoms with Crippen molar-refractivity contribution in [3.8, 4) is 5.75 Å². The highest BCUT2D eigenvalue weighted by atomic mass is 35.5. The Morgan fingerprint density at radius 1 is 1.17 bits per heavy atom. The van der Waals surface area contributed by atoms with Gasteiger partial charge in [-0.05, 0) is 61.1 Å². The summed E-state index contributed by atoms with van der Waals surface area (Å²) in [5.74, 6) is 0.787. The van der Waals surface area contributed by atoms with Gasteiger partial charge < -0.3 is 15.2 Å². The van der Waals surface area contributed by atoms with Crippen molar-refractivity contribution in [3.63, 3.8) is 0 Å². The van der Waals surface area contributed by atoms with Crippen LogP contribution in [0.1, 0.15) is 24.0 Å². The molecule has 0 bridgehead atoms. The Bertz CT molecular complexity index is 647. The van der Waals surface area contributed by atoms with E-state index in [0.29, 0.717) is 19.2 Å². The summed E-state index contributed by atoms with van der Waals surface area (Å²) in [6.07, 6.45) is 3.81. The molecule has 0 saturated heterocycles. The van der Waals surface area contributed by atoms with Gasteiger partial charge in [-0.25, -0.2) is 0 Å². The van der Waals surface area contributed by atoms with Crippen molar-refractivity contribution >= 4 is 11.6 Å². The first-order valence-corrected chi connectivity index (χ1v) is 8.95. The highest BCUT2D eigenvalue weighted by molar-refractivity contribution is 6.30. The smallest absolute Gasteiger partial charge is 0.119 e. The normalized spacial score (nSPS) is 18.5. The topological polar surface area (TPSA) is 41.5 Å². The molecule has 2 atom stereocenters. The molecule has 0 spiro atoms. The van der Waals surface area contributed by atoms with Crippen LogP contribution in [0, 0.1) is 0 Å². The van der Waals surface area contributed by atoms with Crippen molar-refractivity contribution in [3.05, 3.63) is 64.7 Å². The van der Waals surface area contributed by atoms with Gasteiger partial charge in [0.15, 0.2) is 0 Å². The zero-order valence-electron chi connectivity index (χ0n) is 13.7. The predicted molar refractivity (Wildman–Crippen MR) is 97.8 cm³/mol. The van der Waals surface area contributed by atoms with E-state index >= 15 is 0 Å². The number of aliphatic hydroxyl groups is 1. The van der Waals surface area contributed by atoms with Gasteiger partial charge in [-0.3, -0.25) is 0 Å². The average Bonchev–Trinajstić information content (AvgIpc) is 2.80. The molecule has 1 unspecified atom stereocenters. The fraction of sp³-hybridized carbons (Fsp3) is 0.400. The van der Waals surface area contributed by atoms with Crippen LogP contribution in [0.2, 0.25) is 5.02 Å². The third-order valence-electron chi connectivity index (χ3n) is 4.46. The number of aliphatic hydroxyl groups excluding tert-OH is 1. The Morgan fingerprint density at radius 3 is 2.83 bits per heavy atom. The number of aryl methyl sites for hydroxylation is 1. The van der Waals surface area contributed by atoms with Crippen LogP contribution in [0.5, 0.6) is 5.75 Å². The number of para-hydroxylation sites is 1. The monoisotopic (exact) mass is 345 g/mol. The van der Waals surface area contributed by atoms with Gasteiger partial charge in [-0.2, -0.15) is 0 Å². The van der Waals surface area contributed by atoms with Crippen molar-refractivity contribution < 1.29 is 9.84 Å². The summed E-state index contributed by atoms with van der Waals surface area (Å²) in [5, 5.41) is 14.4. The van der Waals surface area contributed by atoms with Crippen LogP contribution in [0.3, 0.4) is 0 Å². The van der Waals surface area contributed by atoms with Crippen LogP contribution in [-0.2, 0) is 12.8 Å². The molecular weight excluding hydrogens is 322 g/mol. The zero-order valence-corrected chi connectivity index (χ0v) is 14.5. The second kappa shape index (κ2) is 8.52. The van der Waals surface area contributed by atoms with E-state index in [1.54, 1.807) is 0 Å². The Balaban J connectivity index is 1.47. The maximum absolute atomic E-state index is 10.1. The number of fused-ring (bicyclic) bond motifs is 1. The van der Waals surface area contributed by atoms with Crippen molar-refractivity contribution in [1.29, 1.82) is 0 Å². The van der Waals surface area contributed by atoms with Gasteiger partial charge in [0, 0.05) is 17.6 Å². The number of halogens is 1. The Hall–Kier alpha value is -1.55. The molecule has 3 rings (SSSR count). The van der Waals surface area contributed by atoms with Crippen LogP contribution >= 0.6 is 11.6 Å². The number of rotatable bonds is 6. The molecule has 2 aromatic rings. The fourth-order valence-corrected chi connectivity index (χ4v) is 3.37. The lowest BCUT2D eigenvalue weighted by Crippen LogP contribution is -2.39. The fourth-order valence-electron chi connectivity index (χ4n) is 3.18. The average molecular weight is 346 g/mol. The molecule has 0 aliphatic heterocycles. The first kappa shape index (κ1) is 17.3. The second-order valence-corrected chi connectivity index (χ2v) is 6.83. The predicted octanol–water partition coefficient (Wildman–Crippen LogP) is 3.62. The van der Waals surface area contributed by atoms with E-state index in [-0.39, 0.29) is 0 Å². The first-order chi connectivity index (χ1) is 11.7. The Labute approximate surface area is 148 Å². The molecule has 1 aliphatic rings. The van der Waals surface area contributed by atoms with E-state index in [1.807, 2.05) is 36.4 Å². The highest BCUT2D eigenvalue weighted by Gasteiger charge is 2.18. The van der Waals surface area contributed by atoms with Gasteiger partial charge in [0.25, 0.3) is 0 Å². The van der Waals surface area contributed by atoms with E-state index in [1.165, 1.54) is 11.1 Å². The Kier molecular flexibility index (Phi) is 6.13. The molecule has 0 fully saturated rings. The molecule has 2 aromatic carbocycles. The number of nitrogens with one attached hydrogen (secondary N) is 1. The summed E-state index contributed by atoms with van der Waals surface area (Å²) in [6, 6.07) is 16.1. The summed E-state index contributed by atoms with van der Waals surface area (Å²) < 4.78 is 5.60. The van der Waals surface area contributed by atoms with E-state index in [2.05, 4.69) is 17.4 Å². The molecule has 0 aromatic heterocycles. The van der Waals surface area contributed by atoms with Gasteiger partial charge in [0.1, 0.15) is 18.5 Å². The zero-order chi connectivity index (χ0) is 16.8. The molecule has 0 radical (unpaired) electrons. The van der Waals surface area contributed by atoms with Crippen LogP contribution in [-0.4, -0.2) is 30.4 Å². The number of hydrogen-bond acceptors (Lipinski definition) is 3. The molecule has 4 heteroatoms. The lowest BCUT2D eigenvalue weighted by atomic mass is 10.0. The number of benzene rings is 2. The van der Waals surface area contributed by atoms with Gasteiger partial charge >= 0.3 is 0 Å². The summed E-state index contributed by atoms with van der Waals surface area (Å²) >= 11 is 6.13. The van der Waals surface area contributed by atoms with Crippen molar-refractivity contribution in [2.75, 3.05) is 13.2 Å². The molecule has 2 N–H and O–H groups in total. The number of ether oxygens (including phenoxy) is 1. The van der Waals surface area contributed by atoms with Gasteiger partial charge in [-0.1, -0.05) is 35.9 Å². The van der Waals surface area contributed by atoms with Crippen LogP contribution < -0.4 is 10.1 Å². The molecule has 3 nitrogen and oxygen atoms in total. The Morgan fingerprint density at radius 2 is 2.00 bits per heavy atom. The van der Waals surface area contributed by atoms with E-state index in [4.69, 9.17) is 16.3 Å². The van der Waals surface area contributed by atoms with Crippen molar-refractivity contribution in [1.82, 2.24) is 5.32 Å². The van der Waals surface area contributed by atoms with E-state index in [0.717, 1.165) is 36.5 Å². The maximum Gasteiger partial charge on any atom is 0.119 e. The maximum atomic E-state index is 10.1. The lowest BCUT2D eigenvalue weighted by molar-refractivity contribution is 0.103. The lowest BCUT2D eigenvalue weighted by Gasteiger charge is -2.20. The van der Waals surface area contributed by atoms with Crippen LogP contribution in [0.25, 0.3) is 0 Å². The minimum absolute atomic E-state index is 0.298. The van der Waals surface area contributed by atoms with Crippen molar-refractivity contribution in [2.24, 2.45) is 0 Å². The summed E-state index contributed by atoms with van der Waals surface area (Å²) in [5.41, 5.74) is 2.73. The third-order valence-corrected chi connectivity index (χ3v) is 4.70. The third kappa shape index (κ3) is 4.97. The largest absolute Gasteiger partial charge is 0.491 e. The highest BCUT2D eigenvalue weighted by Crippen LogP contribution is 2.24. The quantitative estimate of drug-likeness (QED) is 0.786. The molecule has 24 heavy (non-hydrogen) atoms. The van der Waals surface area contributed by atoms with E-state index < -0.39 is 6.10 Å². The SMILES string of the molecule is O[C@@H](CNC1CCCc2ccc(Cl)cc2C1)COc1ccccc1. The molecule has 1 aliphatic carbocycles. The molecular formula is C20H24ClNO2. The van der Waals surface area contributed by atoms with E-state index in [9.17, 15) is 5.11 Å². The molecule has 0 amide bonds. The van der Waals surface area contributed by atoms with Gasteiger partial charge in [0.2, 0.25) is 0 Å². The summed E-state index contributed by atoms with van der Waals surface area (Å²) in [4.78, 5) is 0. The molecule has 0 saturated carbocycles. The minimum atomic E-state index is -0.521. The van der Waals surface area contributed by atoms with Gasteiger partial charge in [0.05, 0.1) is 0 Å². The van der Waals surface area contributed by atoms with Crippen LogP contribution in [0.15, 0.2) is 48.5 Å². The summed E-state index contributed by atoms with van der Waals surface area (Å²) in [6.45, 7) is 0.833. The minimum Gasteiger partial charge on any atom is -0.491 e. The number of hydrogen-bond donors (Lipinski definition) is 2. The standard InChI is InChI=1S/C20H24ClNO2/c21-17-10-9-15-5-4-6-18(12-16(15)11-17)22-13-19(23)14-24-20-7-2-1-3-8-20/h1-3,7-11,18-19,22-23H,4-6,12-14H2/t18?,19-/m0/s1. The first-order valence-electron chi connectivity index (χ1n) is 8.57.